The molecular formula is C12H11NO3. The number of ether oxygens (including phenoxy) is 1. The molecule has 0 amide bonds. The summed E-state index contributed by atoms with van der Waals surface area (Å²) in [5.41, 5.74) is 1.87. The van der Waals surface area contributed by atoms with Crippen molar-refractivity contribution in [2.45, 2.75) is 6.92 Å². The van der Waals surface area contributed by atoms with Crippen molar-refractivity contribution in [1.82, 2.24) is 4.98 Å². The van der Waals surface area contributed by atoms with E-state index in [9.17, 15) is 4.79 Å². The molecular weight excluding hydrogens is 206 g/mol. The lowest BCUT2D eigenvalue weighted by Crippen LogP contribution is -1.98. The molecule has 16 heavy (non-hydrogen) atoms. The van der Waals surface area contributed by atoms with Gasteiger partial charge in [-0.25, -0.2) is 9.78 Å². The van der Waals surface area contributed by atoms with E-state index in [0.29, 0.717) is 5.88 Å². The Hall–Kier alpha value is -2.10. The van der Waals surface area contributed by atoms with Crippen LogP contribution in [0.2, 0.25) is 0 Å². The average Bonchev–Trinajstić information content (AvgIpc) is 2.28. The number of hydrogen-bond donors (Lipinski definition) is 1. The minimum atomic E-state index is -0.930. The minimum Gasteiger partial charge on any atom is -0.481 e. The summed E-state index contributed by atoms with van der Waals surface area (Å²) in [6.45, 7) is 1.83. The van der Waals surface area contributed by atoms with E-state index in [1.807, 2.05) is 6.92 Å². The van der Waals surface area contributed by atoms with E-state index in [0.717, 1.165) is 16.5 Å². The third-order valence-corrected chi connectivity index (χ3v) is 2.41. The normalized spacial score (nSPS) is 10.4. The monoisotopic (exact) mass is 217 g/mol. The molecule has 1 aromatic carbocycles. The third kappa shape index (κ3) is 1.69. The number of carbonyl (C=O) groups is 1. The zero-order valence-corrected chi connectivity index (χ0v) is 9.02. The summed E-state index contributed by atoms with van der Waals surface area (Å²) in [5, 5.41) is 9.73. The van der Waals surface area contributed by atoms with Gasteiger partial charge in [-0.3, -0.25) is 0 Å². The van der Waals surface area contributed by atoms with Gasteiger partial charge in [-0.2, -0.15) is 0 Å². The van der Waals surface area contributed by atoms with Gasteiger partial charge in [-0.05, 0) is 30.7 Å². The van der Waals surface area contributed by atoms with Crippen molar-refractivity contribution in [3.05, 3.63) is 35.4 Å². The summed E-state index contributed by atoms with van der Waals surface area (Å²) in [6, 6.07) is 6.74. The molecule has 0 spiro atoms. The Kier molecular flexibility index (Phi) is 2.48. The summed E-state index contributed by atoms with van der Waals surface area (Å²) in [7, 11) is 1.55. The van der Waals surface area contributed by atoms with Gasteiger partial charge in [-0.15, -0.1) is 0 Å². The number of rotatable bonds is 2. The van der Waals surface area contributed by atoms with Gasteiger partial charge >= 0.3 is 5.97 Å². The highest BCUT2D eigenvalue weighted by atomic mass is 16.5. The predicted octanol–water partition coefficient (Wildman–Crippen LogP) is 2.25. The van der Waals surface area contributed by atoms with E-state index >= 15 is 0 Å². The Morgan fingerprint density at radius 2 is 2.12 bits per heavy atom. The first-order chi connectivity index (χ1) is 7.61. The molecule has 0 aliphatic rings. The van der Waals surface area contributed by atoms with Crippen LogP contribution in [-0.4, -0.2) is 23.2 Å². The smallest absolute Gasteiger partial charge is 0.335 e. The number of benzene rings is 1. The van der Waals surface area contributed by atoms with Crippen molar-refractivity contribution in [3.63, 3.8) is 0 Å². The number of carboxylic acids is 1. The van der Waals surface area contributed by atoms with Crippen LogP contribution in [0, 0.1) is 6.92 Å². The van der Waals surface area contributed by atoms with Crippen LogP contribution in [0.3, 0.4) is 0 Å². The Bertz CT molecular complexity index is 563. The fraction of sp³-hybridized carbons (Fsp3) is 0.167. The zero-order chi connectivity index (χ0) is 11.7. The standard InChI is InChI=1S/C12H11NO3/c1-7-5-9(12(14)15)6-8-3-4-10(16-2)13-11(7)8/h3-6H,1-2H3,(H,14,15). The predicted molar refractivity (Wildman–Crippen MR) is 60.0 cm³/mol. The van der Waals surface area contributed by atoms with Gasteiger partial charge in [0.05, 0.1) is 18.2 Å². The maximum atomic E-state index is 10.9. The van der Waals surface area contributed by atoms with Crippen molar-refractivity contribution >= 4 is 16.9 Å². The van der Waals surface area contributed by atoms with Gasteiger partial charge < -0.3 is 9.84 Å². The molecule has 4 heteroatoms. The van der Waals surface area contributed by atoms with Crippen molar-refractivity contribution in [3.8, 4) is 5.88 Å². The number of methoxy groups -OCH3 is 1. The highest BCUT2D eigenvalue weighted by Crippen LogP contribution is 2.21. The number of pyridine rings is 1. The lowest BCUT2D eigenvalue weighted by atomic mass is 10.1. The van der Waals surface area contributed by atoms with Crippen LogP contribution < -0.4 is 4.74 Å². The van der Waals surface area contributed by atoms with Crippen molar-refractivity contribution < 1.29 is 14.6 Å². The number of aromatic nitrogens is 1. The maximum Gasteiger partial charge on any atom is 0.335 e. The van der Waals surface area contributed by atoms with Crippen LogP contribution in [0.5, 0.6) is 5.88 Å². The molecule has 0 saturated heterocycles. The largest absolute Gasteiger partial charge is 0.481 e. The topological polar surface area (TPSA) is 59.4 Å². The van der Waals surface area contributed by atoms with Gasteiger partial charge in [0.25, 0.3) is 0 Å². The number of hydrogen-bond acceptors (Lipinski definition) is 3. The fourth-order valence-electron chi connectivity index (χ4n) is 1.63. The second-order valence-electron chi connectivity index (χ2n) is 3.52. The molecule has 4 nitrogen and oxygen atoms in total. The highest BCUT2D eigenvalue weighted by Gasteiger charge is 2.08. The Morgan fingerprint density at radius 3 is 2.75 bits per heavy atom. The quantitative estimate of drug-likeness (QED) is 0.838. The van der Waals surface area contributed by atoms with E-state index < -0.39 is 5.97 Å². The summed E-state index contributed by atoms with van der Waals surface area (Å²) >= 11 is 0. The first-order valence-corrected chi connectivity index (χ1v) is 4.80. The Morgan fingerprint density at radius 1 is 1.38 bits per heavy atom. The van der Waals surface area contributed by atoms with Crippen molar-refractivity contribution in [2.75, 3.05) is 7.11 Å². The second kappa shape index (κ2) is 3.81. The number of aromatic carboxylic acids is 1. The lowest BCUT2D eigenvalue weighted by Gasteiger charge is -2.05. The molecule has 2 rings (SSSR count). The molecule has 0 radical (unpaired) electrons. The number of fused-ring (bicyclic) bond motifs is 1. The van der Waals surface area contributed by atoms with Gasteiger partial charge in [0.1, 0.15) is 0 Å². The molecule has 0 unspecified atom stereocenters. The first-order valence-electron chi connectivity index (χ1n) is 4.80. The van der Waals surface area contributed by atoms with Crippen molar-refractivity contribution in [1.29, 1.82) is 0 Å². The van der Waals surface area contributed by atoms with Gasteiger partial charge in [0.15, 0.2) is 0 Å². The van der Waals surface area contributed by atoms with Crippen LogP contribution in [0.1, 0.15) is 15.9 Å². The van der Waals surface area contributed by atoms with Gasteiger partial charge in [0.2, 0.25) is 5.88 Å². The molecule has 0 bridgehead atoms. The van der Waals surface area contributed by atoms with Crippen LogP contribution in [0.15, 0.2) is 24.3 Å². The number of nitrogens with zero attached hydrogens (tertiary/aromatic N) is 1. The maximum absolute atomic E-state index is 10.9. The highest BCUT2D eigenvalue weighted by molar-refractivity contribution is 5.94. The molecule has 1 aromatic heterocycles. The van der Waals surface area contributed by atoms with E-state index in [-0.39, 0.29) is 5.56 Å². The minimum absolute atomic E-state index is 0.275. The zero-order valence-electron chi connectivity index (χ0n) is 9.02. The van der Waals surface area contributed by atoms with E-state index in [2.05, 4.69) is 4.98 Å². The molecule has 1 heterocycles. The molecule has 82 valence electrons. The van der Waals surface area contributed by atoms with E-state index in [1.54, 1.807) is 31.4 Å². The number of carboxylic acid groups (broad SMARTS) is 1. The average molecular weight is 217 g/mol. The Balaban J connectivity index is 2.71. The second-order valence-corrected chi connectivity index (χ2v) is 3.52. The van der Waals surface area contributed by atoms with Crippen LogP contribution in [0.4, 0.5) is 0 Å². The number of aryl methyl sites for hydroxylation is 1. The Labute approximate surface area is 92.5 Å². The van der Waals surface area contributed by atoms with Crippen LogP contribution in [0.25, 0.3) is 10.9 Å². The molecule has 0 fully saturated rings. The van der Waals surface area contributed by atoms with Crippen LogP contribution >= 0.6 is 0 Å². The summed E-state index contributed by atoms with van der Waals surface area (Å²) in [4.78, 5) is 15.2. The molecule has 1 N–H and O–H groups in total. The summed E-state index contributed by atoms with van der Waals surface area (Å²) < 4.78 is 5.03. The lowest BCUT2D eigenvalue weighted by molar-refractivity contribution is 0.0697. The van der Waals surface area contributed by atoms with Crippen molar-refractivity contribution in [2.24, 2.45) is 0 Å². The van der Waals surface area contributed by atoms with E-state index in [1.165, 1.54) is 0 Å². The summed E-state index contributed by atoms with van der Waals surface area (Å²) in [5.74, 6) is -0.403. The van der Waals surface area contributed by atoms with Crippen LogP contribution in [-0.2, 0) is 0 Å². The molecule has 0 atom stereocenters. The SMILES string of the molecule is COc1ccc2cc(C(=O)O)cc(C)c2n1. The summed E-state index contributed by atoms with van der Waals surface area (Å²) in [6.07, 6.45) is 0. The third-order valence-electron chi connectivity index (χ3n) is 2.41. The molecule has 0 aliphatic carbocycles. The molecule has 0 aliphatic heterocycles. The molecule has 0 saturated carbocycles. The fourth-order valence-corrected chi connectivity index (χ4v) is 1.63. The molecule has 2 aromatic rings. The van der Waals surface area contributed by atoms with Gasteiger partial charge in [0, 0.05) is 11.5 Å². The van der Waals surface area contributed by atoms with E-state index in [4.69, 9.17) is 9.84 Å². The first kappa shape index (κ1) is 10.4. The van der Waals surface area contributed by atoms with Gasteiger partial charge in [-0.1, -0.05) is 0 Å².